The van der Waals surface area contributed by atoms with Crippen LogP contribution < -0.4 is 5.32 Å². The van der Waals surface area contributed by atoms with Crippen molar-refractivity contribution < 1.29 is 19.4 Å². The van der Waals surface area contributed by atoms with E-state index in [-0.39, 0.29) is 30.9 Å². The van der Waals surface area contributed by atoms with Crippen molar-refractivity contribution in [2.45, 2.75) is 38.1 Å². The zero-order valence-electron chi connectivity index (χ0n) is 18.3. The summed E-state index contributed by atoms with van der Waals surface area (Å²) in [7, 11) is 0. The van der Waals surface area contributed by atoms with E-state index in [0.717, 1.165) is 57.6 Å². The van der Waals surface area contributed by atoms with Crippen LogP contribution in [0, 0.1) is 11.3 Å². The van der Waals surface area contributed by atoms with Crippen LogP contribution >= 0.6 is 0 Å². The lowest BCUT2D eigenvalue weighted by molar-refractivity contribution is -0.151. The van der Waals surface area contributed by atoms with Gasteiger partial charge in [0.05, 0.1) is 31.7 Å². The number of likely N-dealkylation sites (tertiary alicyclic amines) is 1. The van der Waals surface area contributed by atoms with Crippen LogP contribution in [-0.4, -0.2) is 85.3 Å². The number of morpholine rings is 1. The van der Waals surface area contributed by atoms with E-state index in [1.54, 1.807) is 0 Å². The number of aliphatic hydroxyl groups excluding tert-OH is 1. The van der Waals surface area contributed by atoms with Gasteiger partial charge in [0.25, 0.3) is 0 Å². The Morgan fingerprint density at radius 3 is 2.65 bits per heavy atom. The van der Waals surface area contributed by atoms with E-state index in [4.69, 9.17) is 4.74 Å². The number of amides is 2. The molecule has 2 amide bonds. The van der Waals surface area contributed by atoms with Gasteiger partial charge in [-0.05, 0) is 37.2 Å². The smallest absolute Gasteiger partial charge is 0.228 e. The second-order valence-electron chi connectivity index (χ2n) is 9.18. The molecule has 1 saturated carbocycles. The van der Waals surface area contributed by atoms with E-state index in [1.165, 1.54) is 0 Å². The largest absolute Gasteiger partial charge is 0.395 e. The van der Waals surface area contributed by atoms with Crippen LogP contribution in [0.15, 0.2) is 30.3 Å². The Bertz CT molecular complexity index is 752. The highest BCUT2D eigenvalue weighted by atomic mass is 16.5. The van der Waals surface area contributed by atoms with E-state index in [0.29, 0.717) is 25.6 Å². The lowest BCUT2D eigenvalue weighted by atomic mass is 9.60. The molecule has 3 atom stereocenters. The van der Waals surface area contributed by atoms with Gasteiger partial charge in [-0.3, -0.25) is 14.5 Å². The fraction of sp³-hybridized carbons (Fsp3) is 0.667. The number of aliphatic hydroxyl groups is 1. The van der Waals surface area contributed by atoms with Gasteiger partial charge in [-0.2, -0.15) is 0 Å². The van der Waals surface area contributed by atoms with Crippen LogP contribution in [0.25, 0.3) is 0 Å². The molecule has 170 valence electrons. The van der Waals surface area contributed by atoms with E-state index in [2.05, 4.69) is 10.2 Å². The Labute approximate surface area is 184 Å². The molecule has 0 aromatic heterocycles. The molecule has 7 heteroatoms. The molecule has 0 bridgehead atoms. The van der Waals surface area contributed by atoms with Gasteiger partial charge in [-0.25, -0.2) is 0 Å². The molecule has 2 aliphatic heterocycles. The van der Waals surface area contributed by atoms with Crippen molar-refractivity contribution in [3.05, 3.63) is 35.9 Å². The summed E-state index contributed by atoms with van der Waals surface area (Å²) in [6.07, 6.45) is 3.97. The van der Waals surface area contributed by atoms with E-state index >= 15 is 0 Å². The van der Waals surface area contributed by atoms with Gasteiger partial charge in [-0.1, -0.05) is 30.3 Å². The van der Waals surface area contributed by atoms with Crippen molar-refractivity contribution in [3.63, 3.8) is 0 Å². The highest BCUT2D eigenvalue weighted by molar-refractivity contribution is 5.85. The molecule has 2 saturated heterocycles. The average Bonchev–Trinajstić information content (AvgIpc) is 2.82. The van der Waals surface area contributed by atoms with Gasteiger partial charge in [0.15, 0.2) is 0 Å². The Morgan fingerprint density at radius 1 is 1.13 bits per heavy atom. The molecule has 0 unspecified atom stereocenters. The maximum Gasteiger partial charge on any atom is 0.228 e. The number of hydrogen-bond acceptors (Lipinski definition) is 5. The van der Waals surface area contributed by atoms with Crippen LogP contribution in [0.1, 0.15) is 31.2 Å². The first-order chi connectivity index (χ1) is 15.1. The molecule has 4 rings (SSSR count). The Hall–Kier alpha value is -1.96. The molecule has 2 heterocycles. The van der Waals surface area contributed by atoms with Crippen molar-refractivity contribution in [2.24, 2.45) is 11.3 Å². The van der Waals surface area contributed by atoms with Gasteiger partial charge in [0.2, 0.25) is 11.8 Å². The molecule has 31 heavy (non-hydrogen) atoms. The molecular weight excluding hydrogens is 394 g/mol. The summed E-state index contributed by atoms with van der Waals surface area (Å²) in [5.41, 5.74) is 0.451. The highest BCUT2D eigenvalue weighted by Gasteiger charge is 2.53. The minimum atomic E-state index is -0.553. The van der Waals surface area contributed by atoms with Gasteiger partial charge in [0, 0.05) is 38.8 Å². The fourth-order valence-electron chi connectivity index (χ4n) is 5.72. The number of carbonyl (C=O) groups excluding carboxylic acids is 2. The first-order valence-corrected chi connectivity index (χ1v) is 11.6. The molecule has 1 aromatic carbocycles. The lowest BCUT2D eigenvalue weighted by Gasteiger charge is -2.53. The second kappa shape index (κ2) is 10.1. The van der Waals surface area contributed by atoms with Crippen LogP contribution in [-0.2, 0) is 20.7 Å². The number of carbonyl (C=O) groups is 2. The summed E-state index contributed by atoms with van der Waals surface area (Å²) in [6.45, 7) is 4.87. The van der Waals surface area contributed by atoms with Gasteiger partial charge < -0.3 is 20.1 Å². The number of piperidine rings is 1. The Kier molecular flexibility index (Phi) is 7.25. The standard InChI is InChI=1S/C24H35N3O4/c28-13-9-25-23(30)24-8-6-21(26-11-14-31-15-12-26)17-20(24)7-10-27(18-24)22(29)16-19-4-2-1-3-5-19/h1-5,20-21,28H,6-18H2,(H,25,30)/t20-,21+,24-/m1/s1. The third-order valence-electron chi connectivity index (χ3n) is 7.44. The maximum atomic E-state index is 13.3. The second-order valence-corrected chi connectivity index (χ2v) is 9.18. The zero-order chi connectivity index (χ0) is 21.7. The minimum Gasteiger partial charge on any atom is -0.395 e. The monoisotopic (exact) mass is 429 g/mol. The first kappa shape index (κ1) is 22.2. The topological polar surface area (TPSA) is 82.1 Å². The predicted molar refractivity (Wildman–Crippen MR) is 117 cm³/mol. The molecule has 7 nitrogen and oxygen atoms in total. The van der Waals surface area contributed by atoms with Crippen LogP contribution in [0.4, 0.5) is 0 Å². The normalized spacial score (nSPS) is 29.3. The molecular formula is C24H35N3O4. The van der Waals surface area contributed by atoms with E-state index in [1.807, 2.05) is 35.2 Å². The number of nitrogens with zero attached hydrogens (tertiary/aromatic N) is 2. The third kappa shape index (κ3) is 4.94. The Morgan fingerprint density at radius 2 is 1.90 bits per heavy atom. The molecule has 3 aliphatic rings. The maximum absolute atomic E-state index is 13.3. The Balaban J connectivity index is 1.48. The zero-order valence-corrected chi connectivity index (χ0v) is 18.3. The number of ether oxygens (including phenoxy) is 1. The SMILES string of the molecule is O=C(Cc1ccccc1)N1CC[C@@H]2C[C@@H](N3CCOCC3)CC[C@@]2(C(=O)NCCO)C1. The predicted octanol–water partition coefficient (Wildman–Crippen LogP) is 1.06. The van der Waals surface area contributed by atoms with E-state index < -0.39 is 5.41 Å². The molecule has 0 radical (unpaired) electrons. The quantitative estimate of drug-likeness (QED) is 0.707. The van der Waals surface area contributed by atoms with Gasteiger partial charge in [-0.15, -0.1) is 0 Å². The van der Waals surface area contributed by atoms with Crippen molar-refractivity contribution in [1.82, 2.24) is 15.1 Å². The van der Waals surface area contributed by atoms with Crippen LogP contribution in [0.2, 0.25) is 0 Å². The number of hydrogen-bond donors (Lipinski definition) is 2. The molecule has 3 fully saturated rings. The summed E-state index contributed by atoms with van der Waals surface area (Å²) in [6, 6.07) is 10.3. The number of fused-ring (bicyclic) bond motifs is 1. The first-order valence-electron chi connectivity index (χ1n) is 11.6. The van der Waals surface area contributed by atoms with E-state index in [9.17, 15) is 14.7 Å². The van der Waals surface area contributed by atoms with Crippen LogP contribution in [0.3, 0.4) is 0 Å². The van der Waals surface area contributed by atoms with Crippen LogP contribution in [0.5, 0.6) is 0 Å². The number of rotatable bonds is 6. The van der Waals surface area contributed by atoms with Gasteiger partial charge >= 0.3 is 0 Å². The summed E-state index contributed by atoms with van der Waals surface area (Å²) in [5, 5.41) is 12.2. The van der Waals surface area contributed by atoms with Crippen molar-refractivity contribution in [1.29, 1.82) is 0 Å². The van der Waals surface area contributed by atoms with Crippen molar-refractivity contribution in [2.75, 3.05) is 52.5 Å². The minimum absolute atomic E-state index is 0.00388. The summed E-state index contributed by atoms with van der Waals surface area (Å²) >= 11 is 0. The molecule has 1 aromatic rings. The summed E-state index contributed by atoms with van der Waals surface area (Å²) in [4.78, 5) is 30.8. The lowest BCUT2D eigenvalue weighted by Crippen LogP contribution is -2.61. The average molecular weight is 430 g/mol. The summed E-state index contributed by atoms with van der Waals surface area (Å²) in [5.74, 6) is 0.354. The van der Waals surface area contributed by atoms with Gasteiger partial charge in [0.1, 0.15) is 0 Å². The number of benzene rings is 1. The fourth-order valence-corrected chi connectivity index (χ4v) is 5.72. The van der Waals surface area contributed by atoms with Crippen molar-refractivity contribution >= 4 is 11.8 Å². The summed E-state index contributed by atoms with van der Waals surface area (Å²) < 4.78 is 5.52. The van der Waals surface area contributed by atoms with Crippen molar-refractivity contribution in [3.8, 4) is 0 Å². The molecule has 2 N–H and O–H groups in total. The molecule has 1 aliphatic carbocycles. The highest BCUT2D eigenvalue weighted by Crippen LogP contribution is 2.48. The molecule has 0 spiro atoms. The number of nitrogens with one attached hydrogen (secondary N) is 1. The third-order valence-corrected chi connectivity index (χ3v) is 7.44.